The number of cyclic esters (lactones) is 1. The minimum absolute atomic E-state index is 0.00315. The normalized spacial score (nSPS) is 19.7. The molecule has 1 aromatic carbocycles. The number of nitrogens with zero attached hydrogens (tertiary/aromatic N) is 1. The minimum Gasteiger partial charge on any atom is -0.462 e. The lowest BCUT2D eigenvalue weighted by Gasteiger charge is -2.41. The Bertz CT molecular complexity index is 1050. The zero-order chi connectivity index (χ0) is 24.3. The number of fused-ring (bicyclic) bond motifs is 2. The van der Waals surface area contributed by atoms with E-state index in [9.17, 15) is 14.4 Å². The predicted octanol–water partition coefficient (Wildman–Crippen LogP) is 3.23. The molecule has 1 aromatic rings. The maximum atomic E-state index is 13.6. The van der Waals surface area contributed by atoms with Gasteiger partial charge >= 0.3 is 17.9 Å². The average Bonchev–Trinajstić information content (AvgIpc) is 3.01. The smallest absolute Gasteiger partial charge is 0.339 e. The first-order chi connectivity index (χ1) is 15.7. The molecule has 8 heteroatoms. The number of para-hydroxylation sites is 1. The van der Waals surface area contributed by atoms with Crippen LogP contribution in [-0.2, 0) is 34.0 Å². The van der Waals surface area contributed by atoms with Crippen LogP contribution in [0, 0.1) is 0 Å². The highest BCUT2D eigenvalue weighted by molar-refractivity contribution is 6.16. The van der Waals surface area contributed by atoms with E-state index in [-0.39, 0.29) is 35.9 Å². The van der Waals surface area contributed by atoms with Gasteiger partial charge in [0.25, 0.3) is 0 Å². The highest BCUT2D eigenvalue weighted by Crippen LogP contribution is 2.54. The van der Waals surface area contributed by atoms with Crippen molar-refractivity contribution in [2.45, 2.75) is 52.1 Å². The standard InChI is InChI=1S/C25H30N2O6/c1-6-8-14-31-22(28)20-21(26)27(13-7-2)18-12-10-9-11-17(18)25(20)19(16(5)33-24(25)30)23(29)32-15(3)4/h7,9-12,15H,2,6,8,13-14,26H2,1,3-5H3/t25-/m0/s1. The topological polar surface area (TPSA) is 108 Å². The largest absolute Gasteiger partial charge is 0.462 e. The van der Waals surface area contributed by atoms with Gasteiger partial charge in [-0.05, 0) is 33.3 Å². The zero-order valence-electron chi connectivity index (χ0n) is 19.5. The van der Waals surface area contributed by atoms with Crippen LogP contribution in [0.2, 0.25) is 0 Å². The molecule has 2 N–H and O–H groups in total. The van der Waals surface area contributed by atoms with Crippen molar-refractivity contribution in [2.75, 3.05) is 18.1 Å². The van der Waals surface area contributed by atoms with Crippen LogP contribution in [-0.4, -0.2) is 37.2 Å². The van der Waals surface area contributed by atoms with Crippen molar-refractivity contribution in [3.63, 3.8) is 0 Å². The Labute approximate surface area is 193 Å². The summed E-state index contributed by atoms with van der Waals surface area (Å²) in [5, 5.41) is 0. The van der Waals surface area contributed by atoms with Gasteiger partial charge in [-0.1, -0.05) is 37.6 Å². The summed E-state index contributed by atoms with van der Waals surface area (Å²) in [5.74, 6) is -2.29. The lowest BCUT2D eigenvalue weighted by atomic mass is 9.66. The van der Waals surface area contributed by atoms with Crippen LogP contribution in [0.3, 0.4) is 0 Å². The monoisotopic (exact) mass is 454 g/mol. The van der Waals surface area contributed by atoms with Gasteiger partial charge in [-0.15, -0.1) is 6.58 Å². The van der Waals surface area contributed by atoms with Crippen LogP contribution >= 0.6 is 0 Å². The molecular formula is C25H30N2O6. The Hall–Kier alpha value is -3.55. The van der Waals surface area contributed by atoms with Gasteiger partial charge in [0.2, 0.25) is 0 Å². The first-order valence-electron chi connectivity index (χ1n) is 11.0. The SMILES string of the molecule is C=CCN1C(N)=C(C(=O)OCCCC)[C@]2(C(=O)OC(C)=C2C(=O)OC(C)C)c2ccccc21. The number of benzene rings is 1. The van der Waals surface area contributed by atoms with Gasteiger partial charge in [0.05, 0.1) is 12.7 Å². The van der Waals surface area contributed by atoms with E-state index in [1.165, 1.54) is 6.92 Å². The molecule has 33 heavy (non-hydrogen) atoms. The summed E-state index contributed by atoms with van der Waals surface area (Å²) in [6.07, 6.45) is 2.62. The maximum Gasteiger partial charge on any atom is 0.339 e. The van der Waals surface area contributed by atoms with Crippen molar-refractivity contribution < 1.29 is 28.6 Å². The van der Waals surface area contributed by atoms with Crippen molar-refractivity contribution in [3.05, 3.63) is 65.2 Å². The average molecular weight is 455 g/mol. The van der Waals surface area contributed by atoms with Gasteiger partial charge < -0.3 is 24.8 Å². The summed E-state index contributed by atoms with van der Waals surface area (Å²) < 4.78 is 16.4. The van der Waals surface area contributed by atoms with E-state index in [1.54, 1.807) is 49.1 Å². The number of rotatable bonds is 8. The molecule has 0 unspecified atom stereocenters. The molecule has 3 rings (SSSR count). The molecule has 2 aliphatic rings. The van der Waals surface area contributed by atoms with Crippen molar-refractivity contribution in [3.8, 4) is 0 Å². The summed E-state index contributed by atoms with van der Waals surface area (Å²) in [6, 6.07) is 6.95. The second kappa shape index (κ2) is 9.52. The highest BCUT2D eigenvalue weighted by atomic mass is 16.6. The molecular weight excluding hydrogens is 424 g/mol. The van der Waals surface area contributed by atoms with Gasteiger partial charge in [-0.3, -0.25) is 0 Å². The first-order valence-corrected chi connectivity index (χ1v) is 11.0. The van der Waals surface area contributed by atoms with Gasteiger partial charge in [0.15, 0.2) is 5.41 Å². The van der Waals surface area contributed by atoms with Crippen LogP contribution in [0.4, 0.5) is 5.69 Å². The molecule has 0 saturated carbocycles. The van der Waals surface area contributed by atoms with E-state index in [2.05, 4.69) is 6.58 Å². The number of carbonyl (C=O) groups excluding carboxylic acids is 3. The van der Waals surface area contributed by atoms with E-state index >= 15 is 0 Å². The fourth-order valence-electron chi connectivity index (χ4n) is 4.26. The van der Waals surface area contributed by atoms with Crippen LogP contribution in [0.15, 0.2) is 59.6 Å². The van der Waals surface area contributed by atoms with Gasteiger partial charge in [-0.2, -0.15) is 0 Å². The fourth-order valence-corrected chi connectivity index (χ4v) is 4.26. The minimum atomic E-state index is -1.91. The summed E-state index contributed by atoms with van der Waals surface area (Å²) in [5.41, 5.74) is 5.34. The van der Waals surface area contributed by atoms with Crippen molar-refractivity contribution in [1.82, 2.24) is 0 Å². The molecule has 1 atom stereocenters. The zero-order valence-corrected chi connectivity index (χ0v) is 19.5. The van der Waals surface area contributed by atoms with Crippen LogP contribution in [0.5, 0.6) is 0 Å². The molecule has 0 aromatic heterocycles. The number of hydrogen-bond acceptors (Lipinski definition) is 8. The third kappa shape index (κ3) is 3.90. The summed E-state index contributed by atoms with van der Waals surface area (Å²) in [6.45, 7) is 11.1. The third-order valence-electron chi connectivity index (χ3n) is 5.59. The van der Waals surface area contributed by atoms with E-state index < -0.39 is 29.4 Å². The van der Waals surface area contributed by atoms with Crippen LogP contribution < -0.4 is 10.6 Å². The summed E-state index contributed by atoms with van der Waals surface area (Å²) >= 11 is 0. The lowest BCUT2D eigenvalue weighted by molar-refractivity contribution is -0.148. The molecule has 176 valence electrons. The Balaban J connectivity index is 2.35. The Kier molecular flexibility index (Phi) is 6.95. The van der Waals surface area contributed by atoms with Gasteiger partial charge in [0, 0.05) is 17.8 Å². The van der Waals surface area contributed by atoms with E-state index in [1.807, 2.05) is 6.92 Å². The van der Waals surface area contributed by atoms with E-state index in [0.29, 0.717) is 17.7 Å². The van der Waals surface area contributed by atoms with Crippen molar-refractivity contribution in [2.24, 2.45) is 5.73 Å². The molecule has 0 saturated heterocycles. The molecule has 0 amide bonds. The summed E-state index contributed by atoms with van der Waals surface area (Å²) in [7, 11) is 0. The molecule has 2 heterocycles. The number of esters is 3. The first kappa shape index (κ1) is 24.1. The lowest BCUT2D eigenvalue weighted by Crippen LogP contribution is -2.51. The van der Waals surface area contributed by atoms with Crippen molar-refractivity contribution >= 4 is 23.6 Å². The number of carbonyl (C=O) groups is 3. The molecule has 0 bridgehead atoms. The number of allylic oxidation sites excluding steroid dienone is 1. The third-order valence-corrected chi connectivity index (χ3v) is 5.59. The van der Waals surface area contributed by atoms with E-state index in [4.69, 9.17) is 19.9 Å². The highest BCUT2D eigenvalue weighted by Gasteiger charge is 2.63. The predicted molar refractivity (Wildman–Crippen MR) is 123 cm³/mol. The number of ether oxygens (including phenoxy) is 3. The second-order valence-electron chi connectivity index (χ2n) is 8.19. The van der Waals surface area contributed by atoms with Gasteiger partial charge in [-0.25, -0.2) is 14.4 Å². The molecule has 1 spiro atoms. The Morgan fingerprint density at radius 2 is 1.94 bits per heavy atom. The van der Waals surface area contributed by atoms with Crippen LogP contribution in [0.1, 0.15) is 46.1 Å². The quantitative estimate of drug-likeness (QED) is 0.276. The molecule has 8 nitrogen and oxygen atoms in total. The van der Waals surface area contributed by atoms with Crippen molar-refractivity contribution in [1.29, 1.82) is 0 Å². The summed E-state index contributed by atoms with van der Waals surface area (Å²) in [4.78, 5) is 42.0. The fraction of sp³-hybridized carbons (Fsp3) is 0.400. The van der Waals surface area contributed by atoms with Gasteiger partial charge in [0.1, 0.15) is 22.7 Å². The van der Waals surface area contributed by atoms with Crippen LogP contribution in [0.25, 0.3) is 0 Å². The number of unbranched alkanes of at least 4 members (excludes halogenated alkanes) is 1. The molecule has 0 aliphatic carbocycles. The number of hydrogen-bond donors (Lipinski definition) is 1. The molecule has 0 fully saturated rings. The second-order valence-corrected chi connectivity index (χ2v) is 8.19. The number of nitrogens with two attached hydrogens (primary N) is 1. The maximum absolute atomic E-state index is 13.6. The Morgan fingerprint density at radius 1 is 1.24 bits per heavy atom. The Morgan fingerprint density at radius 3 is 2.58 bits per heavy atom. The molecule has 0 radical (unpaired) electrons. The van der Waals surface area contributed by atoms with E-state index in [0.717, 1.165) is 6.42 Å². The molecule has 2 aliphatic heterocycles. The number of anilines is 1.